The molecule has 3 rings (SSSR count). The molecule has 1 aliphatic heterocycles. The summed E-state index contributed by atoms with van der Waals surface area (Å²) >= 11 is 0. The van der Waals surface area contributed by atoms with Crippen molar-refractivity contribution in [3.8, 4) is 11.5 Å². The maximum atomic E-state index is 12.5. The van der Waals surface area contributed by atoms with Gasteiger partial charge in [-0.3, -0.25) is 4.72 Å². The number of fused-ring (bicyclic) bond motifs is 1. The van der Waals surface area contributed by atoms with Gasteiger partial charge < -0.3 is 19.7 Å². The zero-order valence-electron chi connectivity index (χ0n) is 13.1. The molecule has 3 N–H and O–H groups in total. The quantitative estimate of drug-likeness (QED) is 0.713. The number of ether oxygens (including phenoxy) is 2. The molecule has 0 saturated carbocycles. The van der Waals surface area contributed by atoms with Crippen LogP contribution in [0.2, 0.25) is 0 Å². The number of benzene rings is 2. The minimum atomic E-state index is -4.14. The molecule has 0 aromatic heterocycles. The number of nitrogens with one attached hydrogen (secondary N) is 1. The van der Waals surface area contributed by atoms with Crippen LogP contribution in [-0.4, -0.2) is 43.8 Å². The van der Waals surface area contributed by atoms with Gasteiger partial charge in [0.1, 0.15) is 13.2 Å². The molecule has 0 fully saturated rings. The summed E-state index contributed by atoms with van der Waals surface area (Å²) in [5.41, 5.74) is -0.571. The van der Waals surface area contributed by atoms with Gasteiger partial charge in [0.2, 0.25) is 0 Å². The normalized spacial score (nSPS) is 13.1. The van der Waals surface area contributed by atoms with E-state index in [1.165, 1.54) is 12.1 Å². The molecule has 26 heavy (non-hydrogen) atoms. The Morgan fingerprint density at radius 3 is 2.04 bits per heavy atom. The summed E-state index contributed by atoms with van der Waals surface area (Å²) in [5, 5.41) is 18.2. The molecule has 0 bridgehead atoms. The molecule has 9 nitrogen and oxygen atoms in total. The summed E-state index contributed by atoms with van der Waals surface area (Å²) in [5.74, 6) is -2.11. The zero-order chi connectivity index (χ0) is 18.9. The summed E-state index contributed by atoms with van der Waals surface area (Å²) in [7, 11) is -4.14. The monoisotopic (exact) mass is 379 g/mol. The fourth-order valence-electron chi connectivity index (χ4n) is 2.33. The Kier molecular flexibility index (Phi) is 4.43. The lowest BCUT2D eigenvalue weighted by Crippen LogP contribution is -2.19. The highest BCUT2D eigenvalue weighted by Gasteiger charge is 2.23. The standard InChI is InChI=1S/C16H13NO8S/c18-15(19)9-1-3-10(4-2-9)26(22,23)17-12-8-14-13(24-5-6-25-14)7-11(12)16(20)21/h1-4,7-8,17H,5-6H2,(H,18,19)(H,20,21). The van der Waals surface area contributed by atoms with Crippen molar-refractivity contribution in [1.82, 2.24) is 0 Å². The van der Waals surface area contributed by atoms with Gasteiger partial charge in [0.05, 0.1) is 21.7 Å². The first-order chi connectivity index (χ1) is 12.3. The summed E-state index contributed by atoms with van der Waals surface area (Å²) in [4.78, 5) is 22.1. The van der Waals surface area contributed by atoms with Gasteiger partial charge in [-0.05, 0) is 24.3 Å². The van der Waals surface area contributed by atoms with E-state index >= 15 is 0 Å². The van der Waals surface area contributed by atoms with Crippen LogP contribution in [0.5, 0.6) is 11.5 Å². The minimum absolute atomic E-state index is 0.0745. The molecule has 1 heterocycles. The average Bonchev–Trinajstić information content (AvgIpc) is 2.60. The smallest absolute Gasteiger partial charge is 0.337 e. The second-order valence-corrected chi connectivity index (χ2v) is 6.96. The lowest BCUT2D eigenvalue weighted by Gasteiger charge is -2.20. The maximum absolute atomic E-state index is 12.5. The Labute approximate surface area is 147 Å². The molecular formula is C16H13NO8S. The van der Waals surface area contributed by atoms with Crippen LogP contribution in [0.15, 0.2) is 41.3 Å². The summed E-state index contributed by atoms with van der Waals surface area (Å²) in [6.45, 7) is 0.509. The summed E-state index contributed by atoms with van der Waals surface area (Å²) < 4.78 is 37.8. The molecule has 136 valence electrons. The number of hydrogen-bond donors (Lipinski definition) is 3. The van der Waals surface area contributed by atoms with E-state index in [4.69, 9.17) is 14.6 Å². The van der Waals surface area contributed by atoms with Gasteiger partial charge in [-0.25, -0.2) is 18.0 Å². The zero-order valence-corrected chi connectivity index (χ0v) is 13.9. The third kappa shape index (κ3) is 3.40. The maximum Gasteiger partial charge on any atom is 0.337 e. The minimum Gasteiger partial charge on any atom is -0.486 e. The molecule has 0 saturated heterocycles. The van der Waals surface area contributed by atoms with Crippen molar-refractivity contribution in [2.45, 2.75) is 4.90 Å². The van der Waals surface area contributed by atoms with Gasteiger partial charge in [-0.1, -0.05) is 0 Å². The number of sulfonamides is 1. The van der Waals surface area contributed by atoms with Crippen molar-refractivity contribution in [3.63, 3.8) is 0 Å². The summed E-state index contributed by atoms with van der Waals surface area (Å²) in [6, 6.07) is 6.93. The van der Waals surface area contributed by atoms with E-state index in [0.717, 1.165) is 24.3 Å². The Hall–Kier alpha value is -3.27. The van der Waals surface area contributed by atoms with Crippen LogP contribution in [0.25, 0.3) is 0 Å². The van der Waals surface area contributed by atoms with E-state index in [1.54, 1.807) is 0 Å². The molecule has 1 aliphatic rings. The highest BCUT2D eigenvalue weighted by molar-refractivity contribution is 7.92. The van der Waals surface area contributed by atoms with Gasteiger partial charge in [0.15, 0.2) is 11.5 Å². The SMILES string of the molecule is O=C(O)c1ccc(S(=O)(=O)Nc2cc3c(cc2C(=O)O)OCCO3)cc1. The van der Waals surface area contributed by atoms with Crippen molar-refractivity contribution in [2.24, 2.45) is 0 Å². The molecule has 0 amide bonds. The first kappa shape index (κ1) is 17.5. The Morgan fingerprint density at radius 2 is 1.50 bits per heavy atom. The predicted octanol–water partition coefficient (Wildman–Crippen LogP) is 1.66. The van der Waals surface area contributed by atoms with Crippen LogP contribution < -0.4 is 14.2 Å². The van der Waals surface area contributed by atoms with Crippen LogP contribution in [0, 0.1) is 0 Å². The highest BCUT2D eigenvalue weighted by Crippen LogP contribution is 2.36. The fourth-order valence-corrected chi connectivity index (χ4v) is 3.40. The lowest BCUT2D eigenvalue weighted by atomic mass is 10.1. The van der Waals surface area contributed by atoms with Crippen LogP contribution in [0.4, 0.5) is 5.69 Å². The molecule has 2 aromatic carbocycles. The van der Waals surface area contributed by atoms with E-state index in [2.05, 4.69) is 4.72 Å². The van der Waals surface area contributed by atoms with Crippen LogP contribution in [0.3, 0.4) is 0 Å². The lowest BCUT2D eigenvalue weighted by molar-refractivity contribution is 0.0686. The summed E-state index contributed by atoms with van der Waals surface area (Å²) in [6.07, 6.45) is 0. The third-order valence-corrected chi connectivity index (χ3v) is 4.95. The van der Waals surface area contributed by atoms with Crippen molar-refractivity contribution >= 4 is 27.6 Å². The van der Waals surface area contributed by atoms with Crippen molar-refractivity contribution < 1.29 is 37.7 Å². The second-order valence-electron chi connectivity index (χ2n) is 5.28. The van der Waals surface area contributed by atoms with E-state index in [0.29, 0.717) is 0 Å². The topological polar surface area (TPSA) is 139 Å². The second kappa shape index (κ2) is 6.56. The number of carboxylic acids is 2. The molecule has 0 unspecified atom stereocenters. The number of rotatable bonds is 5. The third-order valence-electron chi connectivity index (χ3n) is 3.57. The van der Waals surface area contributed by atoms with E-state index in [-0.39, 0.29) is 46.4 Å². The van der Waals surface area contributed by atoms with E-state index in [9.17, 15) is 23.1 Å². The molecule has 0 atom stereocenters. The first-order valence-corrected chi connectivity index (χ1v) is 8.79. The van der Waals surface area contributed by atoms with Gasteiger partial charge in [-0.15, -0.1) is 0 Å². The largest absolute Gasteiger partial charge is 0.486 e. The number of carbonyl (C=O) groups is 2. The van der Waals surface area contributed by atoms with Crippen LogP contribution >= 0.6 is 0 Å². The molecular weight excluding hydrogens is 366 g/mol. The van der Waals surface area contributed by atoms with Gasteiger partial charge in [0.25, 0.3) is 10.0 Å². The van der Waals surface area contributed by atoms with Crippen molar-refractivity contribution in [1.29, 1.82) is 0 Å². The fraction of sp³-hybridized carbons (Fsp3) is 0.125. The van der Waals surface area contributed by atoms with Gasteiger partial charge in [-0.2, -0.15) is 0 Å². The van der Waals surface area contributed by atoms with Crippen LogP contribution in [-0.2, 0) is 10.0 Å². The Morgan fingerprint density at radius 1 is 0.923 bits per heavy atom. The molecule has 0 spiro atoms. The first-order valence-electron chi connectivity index (χ1n) is 7.31. The molecule has 0 aliphatic carbocycles. The predicted molar refractivity (Wildman–Crippen MR) is 88.6 cm³/mol. The average molecular weight is 379 g/mol. The molecule has 0 radical (unpaired) electrons. The number of aromatic carboxylic acids is 2. The Bertz CT molecular complexity index is 982. The van der Waals surface area contributed by atoms with Crippen molar-refractivity contribution in [3.05, 3.63) is 47.5 Å². The highest BCUT2D eigenvalue weighted by atomic mass is 32.2. The van der Waals surface area contributed by atoms with Gasteiger partial charge >= 0.3 is 11.9 Å². The number of hydrogen-bond acceptors (Lipinski definition) is 6. The molecule has 10 heteroatoms. The van der Waals surface area contributed by atoms with E-state index < -0.39 is 22.0 Å². The number of carboxylic acid groups (broad SMARTS) is 2. The van der Waals surface area contributed by atoms with Gasteiger partial charge in [0, 0.05) is 12.1 Å². The van der Waals surface area contributed by atoms with Crippen molar-refractivity contribution in [2.75, 3.05) is 17.9 Å². The molecule has 2 aromatic rings. The Balaban J connectivity index is 1.98. The van der Waals surface area contributed by atoms with E-state index in [1.807, 2.05) is 0 Å². The van der Waals surface area contributed by atoms with Crippen LogP contribution in [0.1, 0.15) is 20.7 Å². The number of anilines is 1.